The smallest absolute Gasteiger partial charge is 0.313 e. The van der Waals surface area contributed by atoms with E-state index in [-0.39, 0.29) is 17.1 Å². The van der Waals surface area contributed by atoms with Crippen LogP contribution in [0.2, 0.25) is 0 Å². The first-order valence-electron chi connectivity index (χ1n) is 7.62. The SMILES string of the molecule is COC(=O)[C@]12C[C@H]1CN(c1nc(-c3cc(C)ccc3O)cs1)C2. The van der Waals surface area contributed by atoms with Crippen molar-refractivity contribution >= 4 is 22.4 Å². The molecule has 1 saturated heterocycles. The van der Waals surface area contributed by atoms with Gasteiger partial charge in [-0.1, -0.05) is 11.6 Å². The number of hydrogen-bond acceptors (Lipinski definition) is 6. The number of aromatic nitrogens is 1. The molecule has 0 spiro atoms. The van der Waals surface area contributed by atoms with E-state index in [0.29, 0.717) is 12.5 Å². The lowest BCUT2D eigenvalue weighted by Crippen LogP contribution is -2.29. The molecule has 2 aromatic rings. The van der Waals surface area contributed by atoms with Crippen LogP contribution < -0.4 is 4.90 Å². The molecule has 0 bridgehead atoms. The van der Waals surface area contributed by atoms with Gasteiger partial charge >= 0.3 is 5.97 Å². The number of carbonyl (C=O) groups is 1. The van der Waals surface area contributed by atoms with E-state index in [9.17, 15) is 9.90 Å². The van der Waals surface area contributed by atoms with Crippen LogP contribution in [0.5, 0.6) is 5.75 Å². The Labute approximate surface area is 138 Å². The van der Waals surface area contributed by atoms with Crippen LogP contribution in [0.1, 0.15) is 12.0 Å². The van der Waals surface area contributed by atoms with Crippen molar-refractivity contribution in [2.75, 3.05) is 25.1 Å². The fraction of sp³-hybridized carbons (Fsp3) is 0.412. The van der Waals surface area contributed by atoms with Crippen LogP contribution in [0.3, 0.4) is 0 Å². The van der Waals surface area contributed by atoms with Gasteiger partial charge in [-0.3, -0.25) is 4.79 Å². The molecule has 2 fully saturated rings. The molecular formula is C17H18N2O3S. The molecule has 0 unspecified atom stereocenters. The third-order valence-corrected chi connectivity index (χ3v) is 5.83. The van der Waals surface area contributed by atoms with Gasteiger partial charge in [-0.15, -0.1) is 11.3 Å². The Morgan fingerprint density at radius 2 is 2.35 bits per heavy atom. The molecule has 2 heterocycles. The summed E-state index contributed by atoms with van der Waals surface area (Å²) in [6.45, 7) is 3.52. The van der Waals surface area contributed by atoms with E-state index in [1.54, 1.807) is 17.4 Å². The van der Waals surface area contributed by atoms with Crippen molar-refractivity contribution in [3.8, 4) is 17.0 Å². The van der Waals surface area contributed by atoms with Crippen LogP contribution in [-0.4, -0.2) is 36.3 Å². The number of anilines is 1. The lowest BCUT2D eigenvalue weighted by molar-refractivity contribution is -0.146. The summed E-state index contributed by atoms with van der Waals surface area (Å²) in [4.78, 5) is 18.8. The van der Waals surface area contributed by atoms with Crippen molar-refractivity contribution in [2.24, 2.45) is 11.3 Å². The number of fused-ring (bicyclic) bond motifs is 1. The summed E-state index contributed by atoms with van der Waals surface area (Å²) in [5.74, 6) is 0.524. The normalized spacial score (nSPS) is 25.3. The Morgan fingerprint density at radius 3 is 3.13 bits per heavy atom. The number of phenols is 1. The van der Waals surface area contributed by atoms with Crippen molar-refractivity contribution in [1.82, 2.24) is 4.98 Å². The number of aromatic hydroxyl groups is 1. The van der Waals surface area contributed by atoms with Gasteiger partial charge < -0.3 is 14.7 Å². The van der Waals surface area contributed by atoms with Gasteiger partial charge in [0.05, 0.1) is 18.2 Å². The molecule has 1 aromatic heterocycles. The summed E-state index contributed by atoms with van der Waals surface area (Å²) >= 11 is 1.55. The molecule has 1 saturated carbocycles. The van der Waals surface area contributed by atoms with E-state index < -0.39 is 0 Å². The highest BCUT2D eigenvalue weighted by atomic mass is 32.1. The van der Waals surface area contributed by atoms with E-state index in [2.05, 4.69) is 9.88 Å². The summed E-state index contributed by atoms with van der Waals surface area (Å²) in [5.41, 5.74) is 2.30. The fourth-order valence-electron chi connectivity index (χ4n) is 3.54. The van der Waals surface area contributed by atoms with Crippen LogP contribution in [0.4, 0.5) is 5.13 Å². The molecule has 2 aliphatic rings. The average molecular weight is 330 g/mol. The van der Waals surface area contributed by atoms with Crippen LogP contribution in [-0.2, 0) is 9.53 Å². The highest BCUT2D eigenvalue weighted by molar-refractivity contribution is 7.14. The first kappa shape index (κ1) is 14.5. The van der Waals surface area contributed by atoms with Crippen molar-refractivity contribution < 1.29 is 14.6 Å². The maximum absolute atomic E-state index is 12.0. The van der Waals surface area contributed by atoms with Gasteiger partial charge in [0.15, 0.2) is 5.13 Å². The van der Waals surface area contributed by atoms with Gasteiger partial charge in [0, 0.05) is 24.0 Å². The topological polar surface area (TPSA) is 62.7 Å². The average Bonchev–Trinajstić information content (AvgIpc) is 2.93. The summed E-state index contributed by atoms with van der Waals surface area (Å²) < 4.78 is 4.95. The van der Waals surface area contributed by atoms with Gasteiger partial charge in [0.25, 0.3) is 0 Å². The number of benzene rings is 1. The summed E-state index contributed by atoms with van der Waals surface area (Å²) in [6.07, 6.45) is 0.924. The maximum Gasteiger partial charge on any atom is 0.313 e. The molecular weight excluding hydrogens is 312 g/mol. The number of ether oxygens (including phenoxy) is 1. The van der Waals surface area contributed by atoms with Gasteiger partial charge in [-0.25, -0.2) is 4.98 Å². The molecule has 6 heteroatoms. The zero-order chi connectivity index (χ0) is 16.2. The van der Waals surface area contributed by atoms with Crippen LogP contribution in [0, 0.1) is 18.3 Å². The molecule has 0 radical (unpaired) electrons. The first-order chi connectivity index (χ1) is 11.0. The minimum atomic E-state index is -0.313. The van der Waals surface area contributed by atoms with Crippen molar-refractivity contribution in [3.63, 3.8) is 0 Å². The third kappa shape index (κ3) is 2.20. The molecule has 5 nitrogen and oxygen atoms in total. The second kappa shape index (κ2) is 4.96. The number of aryl methyl sites for hydroxylation is 1. The Balaban J connectivity index is 1.58. The number of piperidine rings is 1. The number of methoxy groups -OCH3 is 1. The quantitative estimate of drug-likeness (QED) is 0.877. The fourth-order valence-corrected chi connectivity index (χ4v) is 4.37. The Hall–Kier alpha value is -2.08. The van der Waals surface area contributed by atoms with E-state index in [1.807, 2.05) is 24.4 Å². The third-order valence-electron chi connectivity index (χ3n) is 4.93. The minimum Gasteiger partial charge on any atom is -0.507 e. The van der Waals surface area contributed by atoms with Crippen LogP contribution in [0.15, 0.2) is 23.6 Å². The maximum atomic E-state index is 12.0. The molecule has 1 aliphatic carbocycles. The lowest BCUT2D eigenvalue weighted by Gasteiger charge is -2.18. The largest absolute Gasteiger partial charge is 0.507 e. The zero-order valence-electron chi connectivity index (χ0n) is 13.1. The molecule has 0 amide bonds. The number of esters is 1. The van der Waals surface area contributed by atoms with Crippen molar-refractivity contribution in [1.29, 1.82) is 0 Å². The van der Waals surface area contributed by atoms with Gasteiger partial charge in [0.1, 0.15) is 5.75 Å². The molecule has 1 aromatic carbocycles. The molecule has 1 aliphatic heterocycles. The number of carbonyl (C=O) groups excluding carboxylic acids is 1. The van der Waals surface area contributed by atoms with Crippen molar-refractivity contribution in [2.45, 2.75) is 13.3 Å². The monoisotopic (exact) mass is 330 g/mol. The Morgan fingerprint density at radius 1 is 1.52 bits per heavy atom. The Kier molecular flexibility index (Phi) is 3.13. The van der Waals surface area contributed by atoms with E-state index in [4.69, 9.17) is 4.74 Å². The van der Waals surface area contributed by atoms with Crippen LogP contribution >= 0.6 is 11.3 Å². The molecule has 120 valence electrons. The van der Waals surface area contributed by atoms with Gasteiger partial charge in [0.2, 0.25) is 0 Å². The zero-order valence-corrected chi connectivity index (χ0v) is 13.9. The summed E-state index contributed by atoms with van der Waals surface area (Å²) in [5, 5.41) is 12.9. The molecule has 2 atom stereocenters. The first-order valence-corrected chi connectivity index (χ1v) is 8.50. The van der Waals surface area contributed by atoms with Crippen molar-refractivity contribution in [3.05, 3.63) is 29.1 Å². The second-order valence-electron chi connectivity index (χ2n) is 6.47. The Bertz CT molecular complexity index is 788. The van der Waals surface area contributed by atoms with Gasteiger partial charge in [-0.05, 0) is 31.4 Å². The molecule has 4 rings (SSSR count). The number of nitrogens with zero attached hydrogens (tertiary/aromatic N) is 2. The van der Waals surface area contributed by atoms with Crippen LogP contribution in [0.25, 0.3) is 11.3 Å². The summed E-state index contributed by atoms with van der Waals surface area (Å²) in [6, 6.07) is 5.51. The van der Waals surface area contributed by atoms with E-state index in [1.165, 1.54) is 7.11 Å². The number of thiazole rings is 1. The number of rotatable bonds is 3. The number of hydrogen-bond donors (Lipinski definition) is 1. The predicted molar refractivity (Wildman–Crippen MR) is 88.7 cm³/mol. The highest BCUT2D eigenvalue weighted by Crippen LogP contribution is 2.59. The lowest BCUT2D eigenvalue weighted by atomic mass is 10.1. The highest BCUT2D eigenvalue weighted by Gasteiger charge is 2.66. The van der Waals surface area contributed by atoms with E-state index >= 15 is 0 Å². The molecule has 1 N–H and O–H groups in total. The molecule has 23 heavy (non-hydrogen) atoms. The predicted octanol–water partition coefficient (Wildman–Crippen LogP) is 2.82. The van der Waals surface area contributed by atoms with Gasteiger partial charge in [-0.2, -0.15) is 0 Å². The number of phenolic OH excluding ortho intramolecular Hbond substituents is 1. The second-order valence-corrected chi connectivity index (χ2v) is 7.30. The van der Waals surface area contributed by atoms with E-state index in [0.717, 1.165) is 34.9 Å². The summed E-state index contributed by atoms with van der Waals surface area (Å²) in [7, 11) is 1.46. The minimum absolute atomic E-state index is 0.0990. The standard InChI is InChI=1S/C17H18N2O3S/c1-10-3-4-14(20)12(5-10)13-8-23-16(18-13)19-7-11-6-17(11,9-19)15(21)22-2/h3-5,8,11,20H,6-7,9H2,1-2H3/t11-,17-/m0/s1.